The normalized spacial score (nSPS) is 22.8. The number of hydrogen-bond acceptors (Lipinski definition) is 3. The summed E-state index contributed by atoms with van der Waals surface area (Å²) in [7, 11) is 0. The largest absolute Gasteiger partial charge is 0.352 e. The van der Waals surface area contributed by atoms with Crippen molar-refractivity contribution in [1.29, 1.82) is 0 Å². The molecule has 1 aliphatic carbocycles. The molecule has 1 aliphatic heterocycles. The van der Waals surface area contributed by atoms with Crippen LogP contribution in [0, 0.1) is 5.92 Å². The van der Waals surface area contributed by atoms with Gasteiger partial charge in [-0.05, 0) is 42.2 Å². The van der Waals surface area contributed by atoms with E-state index in [0.717, 1.165) is 42.9 Å². The lowest BCUT2D eigenvalue weighted by Gasteiger charge is -2.36. The van der Waals surface area contributed by atoms with Crippen molar-refractivity contribution in [1.82, 2.24) is 9.88 Å². The van der Waals surface area contributed by atoms with Gasteiger partial charge in [0, 0.05) is 42.8 Å². The predicted molar refractivity (Wildman–Crippen MR) is 103 cm³/mol. The van der Waals surface area contributed by atoms with E-state index in [-0.39, 0.29) is 11.8 Å². The third-order valence-electron chi connectivity index (χ3n) is 5.01. The van der Waals surface area contributed by atoms with Crippen LogP contribution in [-0.4, -0.2) is 42.0 Å². The zero-order valence-electron chi connectivity index (χ0n) is 13.7. The summed E-state index contributed by atoms with van der Waals surface area (Å²) in [6, 6.07) is 12.0. The van der Waals surface area contributed by atoms with Gasteiger partial charge in [-0.2, -0.15) is 0 Å². The minimum Gasteiger partial charge on any atom is -0.352 e. The van der Waals surface area contributed by atoms with E-state index in [1.54, 1.807) is 6.20 Å². The lowest BCUT2D eigenvalue weighted by atomic mass is 10.1. The fourth-order valence-corrected chi connectivity index (χ4v) is 4.21. The van der Waals surface area contributed by atoms with E-state index < -0.39 is 0 Å². The standard InChI is InChI=1S/C19H19BrClN3O/c20-14-4-1-3-13(11-14)15-12-16(15)19(25)24-9-7-23(8-10-24)18-17(21)5-2-6-22-18/h1-6,11,15-16H,7-10,12H2. The van der Waals surface area contributed by atoms with Crippen LogP contribution in [0.4, 0.5) is 5.82 Å². The zero-order chi connectivity index (χ0) is 17.4. The number of carbonyl (C=O) groups excluding carboxylic acids is 1. The van der Waals surface area contributed by atoms with Crippen LogP contribution in [-0.2, 0) is 4.79 Å². The van der Waals surface area contributed by atoms with Crippen molar-refractivity contribution >= 4 is 39.3 Å². The Kier molecular flexibility index (Phi) is 4.69. The zero-order valence-corrected chi connectivity index (χ0v) is 16.1. The Morgan fingerprint density at radius 2 is 1.96 bits per heavy atom. The van der Waals surface area contributed by atoms with E-state index in [1.807, 2.05) is 29.2 Å². The molecule has 1 aromatic heterocycles. The average Bonchev–Trinajstić information content (AvgIpc) is 3.43. The summed E-state index contributed by atoms with van der Waals surface area (Å²) in [5.74, 6) is 1.61. The minimum atomic E-state index is 0.138. The quantitative estimate of drug-likeness (QED) is 0.754. The predicted octanol–water partition coefficient (Wildman–Crippen LogP) is 3.95. The Bertz CT molecular complexity index is 792. The van der Waals surface area contributed by atoms with E-state index in [9.17, 15) is 4.79 Å². The summed E-state index contributed by atoms with van der Waals surface area (Å²) in [5, 5.41) is 0.666. The Morgan fingerprint density at radius 1 is 1.16 bits per heavy atom. The third kappa shape index (κ3) is 3.53. The first-order valence-electron chi connectivity index (χ1n) is 8.53. The number of pyridine rings is 1. The summed E-state index contributed by atoms with van der Waals surface area (Å²) in [6.07, 6.45) is 2.72. The Labute approximate surface area is 160 Å². The maximum atomic E-state index is 12.8. The highest BCUT2D eigenvalue weighted by Crippen LogP contribution is 2.49. The summed E-state index contributed by atoms with van der Waals surface area (Å²) < 4.78 is 1.07. The van der Waals surface area contributed by atoms with Gasteiger partial charge in [-0.3, -0.25) is 4.79 Å². The first-order chi connectivity index (χ1) is 12.1. The van der Waals surface area contributed by atoms with Gasteiger partial charge in [0.15, 0.2) is 0 Å². The maximum absolute atomic E-state index is 12.8. The molecule has 0 N–H and O–H groups in total. The number of amides is 1. The minimum absolute atomic E-state index is 0.138. The van der Waals surface area contributed by atoms with Crippen LogP contribution < -0.4 is 4.90 Å². The third-order valence-corrected chi connectivity index (χ3v) is 5.80. The fraction of sp³-hybridized carbons (Fsp3) is 0.368. The highest BCUT2D eigenvalue weighted by Gasteiger charge is 2.46. The van der Waals surface area contributed by atoms with Crippen LogP contribution in [0.25, 0.3) is 0 Å². The smallest absolute Gasteiger partial charge is 0.226 e. The van der Waals surface area contributed by atoms with Crippen molar-refractivity contribution in [2.75, 3.05) is 31.1 Å². The number of aromatic nitrogens is 1. The molecule has 1 saturated carbocycles. The lowest BCUT2D eigenvalue weighted by Crippen LogP contribution is -2.49. The van der Waals surface area contributed by atoms with Crippen molar-refractivity contribution in [2.24, 2.45) is 5.92 Å². The van der Waals surface area contributed by atoms with E-state index in [4.69, 9.17) is 11.6 Å². The molecular formula is C19H19BrClN3O. The van der Waals surface area contributed by atoms with Gasteiger partial charge in [-0.15, -0.1) is 0 Å². The van der Waals surface area contributed by atoms with Gasteiger partial charge < -0.3 is 9.80 Å². The molecule has 1 saturated heterocycles. The molecule has 2 heterocycles. The highest BCUT2D eigenvalue weighted by molar-refractivity contribution is 9.10. The lowest BCUT2D eigenvalue weighted by molar-refractivity contribution is -0.133. The van der Waals surface area contributed by atoms with Crippen LogP contribution in [0.1, 0.15) is 17.9 Å². The Hall–Kier alpha value is -1.59. The molecule has 1 aromatic carbocycles. The molecule has 4 rings (SSSR count). The number of carbonyl (C=O) groups is 1. The number of piperazine rings is 1. The number of nitrogens with zero attached hydrogens (tertiary/aromatic N) is 3. The number of anilines is 1. The first kappa shape index (κ1) is 16.9. The van der Waals surface area contributed by atoms with Crippen LogP contribution >= 0.6 is 27.5 Å². The molecule has 1 amide bonds. The van der Waals surface area contributed by atoms with E-state index in [1.165, 1.54) is 5.56 Å². The Balaban J connectivity index is 1.36. The van der Waals surface area contributed by atoms with Gasteiger partial charge in [0.2, 0.25) is 5.91 Å². The molecule has 2 fully saturated rings. The van der Waals surface area contributed by atoms with Gasteiger partial charge in [0.05, 0.1) is 5.02 Å². The second-order valence-corrected chi connectivity index (χ2v) is 7.95. The summed E-state index contributed by atoms with van der Waals surface area (Å²) >= 11 is 9.74. The van der Waals surface area contributed by atoms with Crippen molar-refractivity contribution in [2.45, 2.75) is 12.3 Å². The molecule has 0 bridgehead atoms. The number of benzene rings is 1. The first-order valence-corrected chi connectivity index (χ1v) is 9.70. The van der Waals surface area contributed by atoms with Crippen molar-refractivity contribution in [3.8, 4) is 0 Å². The molecule has 2 aromatic rings. The van der Waals surface area contributed by atoms with Crippen molar-refractivity contribution in [3.63, 3.8) is 0 Å². The number of hydrogen-bond donors (Lipinski definition) is 0. The number of halogens is 2. The molecule has 130 valence electrons. The SMILES string of the molecule is O=C(C1CC1c1cccc(Br)c1)N1CCN(c2ncccc2Cl)CC1. The van der Waals surface area contributed by atoms with Gasteiger partial charge in [0.25, 0.3) is 0 Å². The summed E-state index contributed by atoms with van der Waals surface area (Å²) in [5.41, 5.74) is 1.26. The van der Waals surface area contributed by atoms with Crippen LogP contribution in [0.3, 0.4) is 0 Å². The van der Waals surface area contributed by atoms with Gasteiger partial charge in [0.1, 0.15) is 5.82 Å². The monoisotopic (exact) mass is 419 g/mol. The molecule has 2 atom stereocenters. The molecule has 25 heavy (non-hydrogen) atoms. The molecule has 0 radical (unpaired) electrons. The molecule has 6 heteroatoms. The molecule has 2 aliphatic rings. The summed E-state index contributed by atoms with van der Waals surface area (Å²) in [6.45, 7) is 3.01. The second-order valence-electron chi connectivity index (χ2n) is 6.62. The number of rotatable bonds is 3. The topological polar surface area (TPSA) is 36.4 Å². The second kappa shape index (κ2) is 6.96. The molecule has 4 nitrogen and oxygen atoms in total. The molecule has 0 spiro atoms. The highest BCUT2D eigenvalue weighted by atomic mass is 79.9. The fourth-order valence-electron chi connectivity index (χ4n) is 3.56. The molecule has 2 unspecified atom stereocenters. The van der Waals surface area contributed by atoms with Crippen LogP contribution in [0.5, 0.6) is 0 Å². The van der Waals surface area contributed by atoms with Crippen LogP contribution in [0.2, 0.25) is 5.02 Å². The van der Waals surface area contributed by atoms with Gasteiger partial charge in [-0.1, -0.05) is 39.7 Å². The van der Waals surface area contributed by atoms with E-state index in [2.05, 4.69) is 37.9 Å². The summed E-state index contributed by atoms with van der Waals surface area (Å²) in [4.78, 5) is 21.3. The van der Waals surface area contributed by atoms with E-state index in [0.29, 0.717) is 10.9 Å². The van der Waals surface area contributed by atoms with Crippen LogP contribution in [0.15, 0.2) is 47.1 Å². The Morgan fingerprint density at radius 3 is 2.68 bits per heavy atom. The molecular weight excluding hydrogens is 402 g/mol. The van der Waals surface area contributed by atoms with Gasteiger partial charge >= 0.3 is 0 Å². The maximum Gasteiger partial charge on any atom is 0.226 e. The van der Waals surface area contributed by atoms with E-state index >= 15 is 0 Å². The van der Waals surface area contributed by atoms with Crippen molar-refractivity contribution in [3.05, 3.63) is 57.7 Å². The van der Waals surface area contributed by atoms with Gasteiger partial charge in [-0.25, -0.2) is 4.98 Å². The average molecular weight is 421 g/mol. The van der Waals surface area contributed by atoms with Crippen molar-refractivity contribution < 1.29 is 4.79 Å².